The van der Waals surface area contributed by atoms with Gasteiger partial charge in [0.15, 0.2) is 6.61 Å². The van der Waals surface area contributed by atoms with E-state index in [1.54, 1.807) is 18.5 Å². The van der Waals surface area contributed by atoms with E-state index in [1.165, 1.54) is 0 Å². The van der Waals surface area contributed by atoms with E-state index in [2.05, 4.69) is 55.6 Å². The molecule has 1 aromatic heterocycles. The second-order valence-corrected chi connectivity index (χ2v) is 8.66. The molecule has 7 nitrogen and oxygen atoms in total. The minimum absolute atomic E-state index is 0.328. The van der Waals surface area contributed by atoms with Crippen molar-refractivity contribution in [1.82, 2.24) is 14.9 Å². The van der Waals surface area contributed by atoms with Gasteiger partial charge in [0.25, 0.3) is 0 Å². The van der Waals surface area contributed by atoms with Crippen LogP contribution >= 0.6 is 15.9 Å². The lowest BCUT2D eigenvalue weighted by Crippen LogP contribution is -2.53. The number of ether oxygens (including phenoxy) is 1. The molecule has 0 unspecified atom stereocenters. The molecular weight excluding hydrogens is 436 g/mol. The summed E-state index contributed by atoms with van der Waals surface area (Å²) < 4.78 is 6.19. The molecule has 0 spiro atoms. The summed E-state index contributed by atoms with van der Waals surface area (Å²) in [6.45, 7) is 7.66. The lowest BCUT2D eigenvalue weighted by atomic mass is 10.00. The van der Waals surface area contributed by atoms with Gasteiger partial charge in [0, 0.05) is 44.6 Å². The van der Waals surface area contributed by atoms with Crippen LogP contribution in [-0.2, 0) is 11.3 Å². The largest absolute Gasteiger partial charge is 0.482 e. The lowest BCUT2D eigenvalue weighted by molar-refractivity contribution is -0.139. The second kappa shape index (κ2) is 10.0. The summed E-state index contributed by atoms with van der Waals surface area (Å²) in [6.07, 6.45) is 4.66. The maximum absolute atomic E-state index is 10.7. The summed E-state index contributed by atoms with van der Waals surface area (Å²) in [7, 11) is 0. The fourth-order valence-corrected chi connectivity index (χ4v) is 3.87. The summed E-state index contributed by atoms with van der Waals surface area (Å²) in [5, 5.41) is 8.79. The molecule has 1 aromatic carbocycles. The van der Waals surface area contributed by atoms with Crippen LogP contribution in [-0.4, -0.2) is 58.2 Å². The number of aromatic nitrogens is 2. The Kier molecular flexibility index (Phi) is 7.44. The quantitative estimate of drug-likeness (QED) is 0.643. The van der Waals surface area contributed by atoms with E-state index in [9.17, 15) is 4.79 Å². The van der Waals surface area contributed by atoms with Crippen LogP contribution in [0.2, 0.25) is 0 Å². The summed E-state index contributed by atoms with van der Waals surface area (Å²) in [5.74, 6) is 0.969. The Labute approximate surface area is 179 Å². The Bertz CT molecular complexity index is 816. The number of benzene rings is 1. The normalized spacial score (nSPS) is 17.5. The molecule has 1 aliphatic rings. The van der Waals surface area contributed by atoms with Crippen LogP contribution in [0.15, 0.2) is 41.1 Å². The Balaban J connectivity index is 1.67. The fourth-order valence-electron chi connectivity index (χ4n) is 3.66. The van der Waals surface area contributed by atoms with Crippen molar-refractivity contribution in [2.24, 2.45) is 5.92 Å². The number of anilines is 1. The molecule has 0 saturated carbocycles. The number of carbonyl (C=O) groups is 1. The van der Waals surface area contributed by atoms with Gasteiger partial charge in [-0.05, 0) is 46.0 Å². The Morgan fingerprint density at radius 3 is 2.76 bits per heavy atom. The van der Waals surface area contributed by atoms with Crippen LogP contribution in [0, 0.1) is 5.92 Å². The molecule has 1 fully saturated rings. The van der Waals surface area contributed by atoms with E-state index in [4.69, 9.17) is 9.84 Å². The minimum Gasteiger partial charge on any atom is -0.482 e. The van der Waals surface area contributed by atoms with Crippen molar-refractivity contribution in [1.29, 1.82) is 0 Å². The zero-order chi connectivity index (χ0) is 20.8. The fraction of sp³-hybridized carbons (Fsp3) is 0.476. The highest BCUT2D eigenvalue weighted by Crippen LogP contribution is 2.24. The van der Waals surface area contributed by atoms with Crippen LogP contribution in [0.1, 0.15) is 25.8 Å². The third-order valence-electron chi connectivity index (χ3n) is 4.84. The summed E-state index contributed by atoms with van der Waals surface area (Å²) in [5.41, 5.74) is 1.12. The zero-order valence-corrected chi connectivity index (χ0v) is 18.4. The van der Waals surface area contributed by atoms with Gasteiger partial charge in [-0.3, -0.25) is 4.90 Å². The van der Waals surface area contributed by atoms with Gasteiger partial charge < -0.3 is 14.7 Å². The predicted molar refractivity (Wildman–Crippen MR) is 115 cm³/mol. The van der Waals surface area contributed by atoms with Gasteiger partial charge in [0.1, 0.15) is 5.75 Å². The van der Waals surface area contributed by atoms with Gasteiger partial charge >= 0.3 is 5.97 Å². The highest BCUT2D eigenvalue weighted by Gasteiger charge is 2.29. The number of halogens is 1. The first kappa shape index (κ1) is 21.5. The van der Waals surface area contributed by atoms with Crippen molar-refractivity contribution in [2.75, 3.05) is 31.1 Å². The predicted octanol–water partition coefficient (Wildman–Crippen LogP) is 3.44. The second-order valence-electron chi connectivity index (χ2n) is 7.74. The van der Waals surface area contributed by atoms with Crippen molar-refractivity contribution >= 4 is 27.8 Å². The third-order valence-corrected chi connectivity index (χ3v) is 5.25. The number of rotatable bonds is 8. The Hall–Kier alpha value is -2.19. The van der Waals surface area contributed by atoms with Gasteiger partial charge in [-0.1, -0.05) is 26.0 Å². The standard InChI is InChI=1S/C21H27BrN4O3/c1-15(2)8-18-13-25(6-7-26(18)21-23-10-17(22)11-24-21)12-16-4-3-5-19(9-16)29-14-20(27)28/h3-5,9-11,15,18H,6-8,12-14H2,1-2H3,(H,27,28)/t18-/m1/s1. The van der Waals surface area contributed by atoms with Crippen LogP contribution in [0.5, 0.6) is 5.75 Å². The minimum atomic E-state index is -0.974. The Morgan fingerprint density at radius 1 is 1.31 bits per heavy atom. The number of hydrogen-bond acceptors (Lipinski definition) is 6. The molecule has 1 aliphatic heterocycles. The zero-order valence-electron chi connectivity index (χ0n) is 16.8. The third kappa shape index (κ3) is 6.40. The van der Waals surface area contributed by atoms with Crippen molar-refractivity contribution in [2.45, 2.75) is 32.9 Å². The monoisotopic (exact) mass is 462 g/mol. The average Bonchev–Trinajstić information content (AvgIpc) is 2.67. The molecule has 0 bridgehead atoms. The first-order valence-electron chi connectivity index (χ1n) is 9.81. The van der Waals surface area contributed by atoms with Gasteiger partial charge in [-0.2, -0.15) is 0 Å². The van der Waals surface area contributed by atoms with Gasteiger partial charge in [-0.25, -0.2) is 14.8 Å². The molecule has 1 N–H and O–H groups in total. The van der Waals surface area contributed by atoms with E-state index in [1.807, 2.05) is 12.1 Å². The molecule has 2 heterocycles. The molecule has 0 amide bonds. The number of carboxylic acid groups (broad SMARTS) is 1. The summed E-state index contributed by atoms with van der Waals surface area (Å²) >= 11 is 3.40. The highest BCUT2D eigenvalue weighted by atomic mass is 79.9. The molecule has 1 saturated heterocycles. The molecular formula is C21H27BrN4O3. The lowest BCUT2D eigenvalue weighted by Gasteiger charge is -2.42. The summed E-state index contributed by atoms with van der Waals surface area (Å²) in [4.78, 5) is 24.5. The van der Waals surface area contributed by atoms with Crippen LogP contribution in [0.4, 0.5) is 5.95 Å². The molecule has 1 atom stereocenters. The molecule has 156 valence electrons. The van der Waals surface area contributed by atoms with Gasteiger partial charge in [0.2, 0.25) is 5.95 Å². The molecule has 0 radical (unpaired) electrons. The molecule has 0 aliphatic carbocycles. The highest BCUT2D eigenvalue weighted by molar-refractivity contribution is 9.10. The molecule has 8 heteroatoms. The molecule has 3 rings (SSSR count). The number of nitrogens with zero attached hydrogens (tertiary/aromatic N) is 4. The van der Waals surface area contributed by atoms with Gasteiger partial charge in [0.05, 0.1) is 4.47 Å². The maximum Gasteiger partial charge on any atom is 0.341 e. The van der Waals surface area contributed by atoms with Crippen LogP contribution < -0.4 is 9.64 Å². The smallest absolute Gasteiger partial charge is 0.341 e. The van der Waals surface area contributed by atoms with E-state index < -0.39 is 5.97 Å². The number of piperazine rings is 1. The number of aliphatic carboxylic acids is 1. The topological polar surface area (TPSA) is 78.8 Å². The van der Waals surface area contributed by atoms with Gasteiger partial charge in [-0.15, -0.1) is 0 Å². The first-order valence-corrected chi connectivity index (χ1v) is 10.6. The number of carboxylic acids is 1. The number of hydrogen-bond donors (Lipinski definition) is 1. The van der Waals surface area contributed by atoms with Crippen molar-refractivity contribution in [3.63, 3.8) is 0 Å². The SMILES string of the molecule is CC(C)C[C@@H]1CN(Cc2cccc(OCC(=O)O)c2)CCN1c1ncc(Br)cn1. The van der Waals surface area contributed by atoms with E-state index in [-0.39, 0.29) is 6.61 Å². The van der Waals surface area contributed by atoms with E-state index in [0.29, 0.717) is 17.7 Å². The Morgan fingerprint density at radius 2 is 2.07 bits per heavy atom. The van der Waals surface area contributed by atoms with Crippen molar-refractivity contribution in [3.8, 4) is 5.75 Å². The maximum atomic E-state index is 10.7. The molecule has 29 heavy (non-hydrogen) atoms. The molecule has 2 aromatic rings. The van der Waals surface area contributed by atoms with E-state index in [0.717, 1.165) is 48.6 Å². The summed E-state index contributed by atoms with van der Waals surface area (Å²) in [6, 6.07) is 8.01. The first-order chi connectivity index (χ1) is 13.9. The van der Waals surface area contributed by atoms with E-state index >= 15 is 0 Å². The van der Waals surface area contributed by atoms with Crippen molar-refractivity contribution in [3.05, 3.63) is 46.7 Å². The van der Waals surface area contributed by atoms with Crippen LogP contribution in [0.25, 0.3) is 0 Å². The van der Waals surface area contributed by atoms with Crippen molar-refractivity contribution < 1.29 is 14.6 Å². The average molecular weight is 463 g/mol. The van der Waals surface area contributed by atoms with Crippen LogP contribution in [0.3, 0.4) is 0 Å².